The van der Waals surface area contributed by atoms with Crippen molar-refractivity contribution in [2.75, 3.05) is 0 Å². The normalized spacial score (nSPS) is 27.4. The Morgan fingerprint density at radius 3 is 3.07 bits per heavy atom. The van der Waals surface area contributed by atoms with Gasteiger partial charge in [-0.25, -0.2) is 0 Å². The van der Waals surface area contributed by atoms with Crippen LogP contribution in [0.2, 0.25) is 0 Å². The summed E-state index contributed by atoms with van der Waals surface area (Å²) < 4.78 is 5.63. The van der Waals surface area contributed by atoms with Crippen molar-refractivity contribution in [1.29, 1.82) is 0 Å². The maximum atomic E-state index is 10.0. The molecular formula is C9H11N3O2S. The van der Waals surface area contributed by atoms with E-state index in [1.165, 1.54) is 11.3 Å². The molecule has 1 aliphatic rings. The second-order valence-corrected chi connectivity index (χ2v) is 4.90. The Balaban J connectivity index is 2.50. The molecule has 0 bridgehead atoms. The van der Waals surface area contributed by atoms with E-state index in [-0.39, 0.29) is 0 Å². The molecule has 80 valence electrons. The molecule has 0 unspecified atom stereocenters. The van der Waals surface area contributed by atoms with Crippen LogP contribution in [-0.4, -0.2) is 16.8 Å². The van der Waals surface area contributed by atoms with Gasteiger partial charge in [0, 0.05) is 4.91 Å². The molecule has 0 saturated carbocycles. The van der Waals surface area contributed by atoms with Crippen molar-refractivity contribution < 1.29 is 9.84 Å². The van der Waals surface area contributed by atoms with E-state index in [1.54, 1.807) is 13.8 Å². The van der Waals surface area contributed by atoms with Crippen molar-refractivity contribution >= 4 is 11.3 Å². The standard InChI is InChI=1S/C9H11N3O2S/c1-9(2)8(13)6(11-12-10)7-5(14-9)3-4-15-7/h3-4,6,8,13H,1-2H3/t6-,8+/m0/s1. The summed E-state index contributed by atoms with van der Waals surface area (Å²) in [6.07, 6.45) is -0.820. The third kappa shape index (κ3) is 1.56. The Hall–Kier alpha value is -1.23. The second-order valence-electron chi connectivity index (χ2n) is 3.95. The maximum Gasteiger partial charge on any atom is 0.134 e. The minimum absolute atomic E-state index is 0.547. The summed E-state index contributed by atoms with van der Waals surface area (Å²) in [5.41, 5.74) is 7.75. The number of thiophene rings is 1. The van der Waals surface area contributed by atoms with E-state index in [4.69, 9.17) is 10.3 Å². The summed E-state index contributed by atoms with van der Waals surface area (Å²) in [5, 5.41) is 15.5. The van der Waals surface area contributed by atoms with E-state index in [0.717, 1.165) is 4.88 Å². The van der Waals surface area contributed by atoms with Gasteiger partial charge < -0.3 is 9.84 Å². The predicted molar refractivity (Wildman–Crippen MR) is 56.9 cm³/mol. The van der Waals surface area contributed by atoms with Gasteiger partial charge in [-0.05, 0) is 30.8 Å². The van der Waals surface area contributed by atoms with Crippen LogP contribution in [0.1, 0.15) is 24.8 Å². The number of fused-ring (bicyclic) bond motifs is 1. The van der Waals surface area contributed by atoms with Crippen molar-refractivity contribution in [2.45, 2.75) is 31.6 Å². The quantitative estimate of drug-likeness (QED) is 0.453. The first kappa shape index (κ1) is 10.3. The van der Waals surface area contributed by atoms with Crippen LogP contribution in [0.25, 0.3) is 10.4 Å². The molecule has 15 heavy (non-hydrogen) atoms. The first-order chi connectivity index (χ1) is 7.06. The molecule has 0 radical (unpaired) electrons. The van der Waals surface area contributed by atoms with Gasteiger partial charge in [0.1, 0.15) is 23.5 Å². The van der Waals surface area contributed by atoms with Gasteiger partial charge in [0.05, 0.1) is 4.88 Å². The Morgan fingerprint density at radius 1 is 1.67 bits per heavy atom. The summed E-state index contributed by atoms with van der Waals surface area (Å²) in [7, 11) is 0. The van der Waals surface area contributed by atoms with Crippen LogP contribution in [0.5, 0.6) is 5.75 Å². The van der Waals surface area contributed by atoms with Crippen LogP contribution in [0.4, 0.5) is 0 Å². The lowest BCUT2D eigenvalue weighted by Gasteiger charge is -2.38. The van der Waals surface area contributed by atoms with Crippen molar-refractivity contribution in [3.63, 3.8) is 0 Å². The highest BCUT2D eigenvalue weighted by molar-refractivity contribution is 7.10. The largest absolute Gasteiger partial charge is 0.484 e. The van der Waals surface area contributed by atoms with E-state index in [9.17, 15) is 5.11 Å². The summed E-state index contributed by atoms with van der Waals surface area (Å²) in [4.78, 5) is 3.56. The summed E-state index contributed by atoms with van der Waals surface area (Å²) >= 11 is 1.43. The third-order valence-corrected chi connectivity index (χ3v) is 3.46. The van der Waals surface area contributed by atoms with Crippen LogP contribution in [0, 0.1) is 0 Å². The Kier molecular flexibility index (Phi) is 2.34. The number of hydrogen-bond donors (Lipinski definition) is 1. The van der Waals surface area contributed by atoms with Gasteiger partial charge in [-0.3, -0.25) is 0 Å². The van der Waals surface area contributed by atoms with E-state index in [2.05, 4.69) is 10.0 Å². The zero-order chi connectivity index (χ0) is 11.1. The van der Waals surface area contributed by atoms with Gasteiger partial charge in [0.15, 0.2) is 0 Å². The number of aliphatic hydroxyl groups excluding tert-OH is 1. The second kappa shape index (κ2) is 3.41. The Labute approximate surface area is 90.9 Å². The lowest BCUT2D eigenvalue weighted by atomic mass is 9.91. The van der Waals surface area contributed by atoms with Gasteiger partial charge in [0.25, 0.3) is 0 Å². The molecule has 0 fully saturated rings. The first-order valence-corrected chi connectivity index (χ1v) is 5.43. The Morgan fingerprint density at radius 2 is 2.40 bits per heavy atom. The minimum atomic E-state index is -0.820. The molecule has 0 spiro atoms. The maximum absolute atomic E-state index is 10.0. The minimum Gasteiger partial charge on any atom is -0.484 e. The highest BCUT2D eigenvalue weighted by atomic mass is 32.1. The van der Waals surface area contributed by atoms with Crippen molar-refractivity contribution in [3.05, 3.63) is 26.8 Å². The van der Waals surface area contributed by atoms with Gasteiger partial charge >= 0.3 is 0 Å². The molecule has 0 saturated heterocycles. The fourth-order valence-corrected chi connectivity index (χ4v) is 2.53. The molecule has 1 N–H and O–H groups in total. The van der Waals surface area contributed by atoms with Crippen molar-refractivity contribution in [2.24, 2.45) is 5.11 Å². The average molecular weight is 225 g/mol. The monoisotopic (exact) mass is 225 g/mol. The molecule has 2 atom stereocenters. The van der Waals surface area contributed by atoms with Crippen LogP contribution >= 0.6 is 11.3 Å². The lowest BCUT2D eigenvalue weighted by Crippen LogP contribution is -2.47. The van der Waals surface area contributed by atoms with E-state index >= 15 is 0 Å². The van der Waals surface area contributed by atoms with Gasteiger partial charge in [0.2, 0.25) is 0 Å². The summed E-state index contributed by atoms with van der Waals surface area (Å²) in [6.45, 7) is 3.55. The number of aliphatic hydroxyl groups is 1. The fraction of sp³-hybridized carbons (Fsp3) is 0.556. The number of azide groups is 1. The molecule has 0 aromatic carbocycles. The summed E-state index contributed by atoms with van der Waals surface area (Å²) in [6, 6.07) is 1.28. The van der Waals surface area contributed by atoms with Crippen LogP contribution in [-0.2, 0) is 0 Å². The van der Waals surface area contributed by atoms with Crippen LogP contribution < -0.4 is 4.74 Å². The summed E-state index contributed by atoms with van der Waals surface area (Å²) in [5.74, 6) is 0.702. The molecule has 2 heterocycles. The first-order valence-electron chi connectivity index (χ1n) is 4.55. The molecule has 0 amide bonds. The Bertz CT molecular complexity index is 423. The van der Waals surface area contributed by atoms with Crippen molar-refractivity contribution in [3.8, 4) is 5.75 Å². The molecule has 6 heteroatoms. The van der Waals surface area contributed by atoms with Crippen LogP contribution in [0.15, 0.2) is 16.6 Å². The van der Waals surface area contributed by atoms with Gasteiger partial charge in [-0.15, -0.1) is 11.3 Å². The molecule has 1 aliphatic heterocycles. The average Bonchev–Trinajstić information content (AvgIpc) is 2.59. The highest BCUT2D eigenvalue weighted by Crippen LogP contribution is 2.44. The van der Waals surface area contributed by atoms with E-state index in [1.807, 2.05) is 11.4 Å². The van der Waals surface area contributed by atoms with E-state index < -0.39 is 17.7 Å². The van der Waals surface area contributed by atoms with Gasteiger partial charge in [-0.2, -0.15) is 0 Å². The van der Waals surface area contributed by atoms with Gasteiger partial charge in [-0.1, -0.05) is 5.11 Å². The SMILES string of the molecule is CC1(C)Oc2ccsc2[C@H](N=[N+]=[N-])[C@H]1O. The van der Waals surface area contributed by atoms with E-state index in [0.29, 0.717) is 5.75 Å². The topological polar surface area (TPSA) is 78.2 Å². The lowest BCUT2D eigenvalue weighted by molar-refractivity contribution is -0.0555. The molecular weight excluding hydrogens is 214 g/mol. The fourth-order valence-electron chi connectivity index (χ4n) is 1.65. The zero-order valence-corrected chi connectivity index (χ0v) is 9.23. The number of ether oxygens (including phenoxy) is 1. The molecule has 2 rings (SSSR count). The highest BCUT2D eigenvalue weighted by Gasteiger charge is 2.43. The number of hydrogen-bond acceptors (Lipinski definition) is 4. The molecule has 0 aliphatic carbocycles. The smallest absolute Gasteiger partial charge is 0.134 e. The zero-order valence-electron chi connectivity index (χ0n) is 8.41. The third-order valence-electron chi connectivity index (χ3n) is 2.49. The molecule has 1 aromatic rings. The van der Waals surface area contributed by atoms with Crippen LogP contribution in [0.3, 0.4) is 0 Å². The molecule has 1 aromatic heterocycles. The predicted octanol–water partition coefficient (Wildman–Crippen LogP) is 2.63. The molecule has 5 nitrogen and oxygen atoms in total. The number of rotatable bonds is 1. The number of nitrogens with zero attached hydrogens (tertiary/aromatic N) is 3. The van der Waals surface area contributed by atoms with Crippen molar-refractivity contribution in [1.82, 2.24) is 0 Å².